The Morgan fingerprint density at radius 3 is 3.00 bits per heavy atom. The summed E-state index contributed by atoms with van der Waals surface area (Å²) in [6, 6.07) is 6.08. The van der Waals surface area contributed by atoms with Gasteiger partial charge in [0.2, 0.25) is 0 Å². The van der Waals surface area contributed by atoms with Gasteiger partial charge in [-0.25, -0.2) is 4.98 Å². The van der Waals surface area contributed by atoms with Crippen molar-refractivity contribution in [2.24, 2.45) is 0 Å². The van der Waals surface area contributed by atoms with Gasteiger partial charge in [-0.05, 0) is 24.1 Å². The first-order valence-corrected chi connectivity index (χ1v) is 6.66. The molecule has 1 aliphatic heterocycles. The topological polar surface area (TPSA) is 42.1 Å². The zero-order chi connectivity index (χ0) is 11.8. The second-order valence-electron chi connectivity index (χ2n) is 4.07. The highest BCUT2D eigenvalue weighted by atomic mass is 35.5. The second-order valence-corrected chi connectivity index (χ2v) is 5.63. The van der Waals surface area contributed by atoms with Crippen LogP contribution in [-0.4, -0.2) is 11.5 Å². The lowest BCUT2D eigenvalue weighted by Crippen LogP contribution is -2.18. The molecule has 3 rings (SSSR count). The Labute approximate surface area is 121 Å². The summed E-state index contributed by atoms with van der Waals surface area (Å²) in [5.41, 5.74) is 8.14. The van der Waals surface area contributed by atoms with Gasteiger partial charge in [0.15, 0.2) is 5.13 Å². The summed E-state index contributed by atoms with van der Waals surface area (Å²) in [6.07, 6.45) is 2.87. The van der Waals surface area contributed by atoms with E-state index in [1.54, 1.807) is 11.3 Å². The van der Waals surface area contributed by atoms with E-state index in [0.29, 0.717) is 5.13 Å². The molecule has 0 bridgehead atoms. The summed E-state index contributed by atoms with van der Waals surface area (Å²) in [6.45, 7) is 1.87. The molecule has 0 saturated carbocycles. The van der Waals surface area contributed by atoms with Gasteiger partial charge in [-0.3, -0.25) is 0 Å². The number of fused-ring (bicyclic) bond motifs is 1. The minimum Gasteiger partial charge on any atom is -0.375 e. The normalized spacial score (nSPS) is 13.3. The summed E-state index contributed by atoms with van der Waals surface area (Å²) in [5, 5.41) is 1.50. The molecule has 1 aliphatic rings. The summed E-state index contributed by atoms with van der Waals surface area (Å²) >= 11 is 7.73. The maximum atomic E-state index is 6.19. The Balaban J connectivity index is 0.00000120. The lowest BCUT2D eigenvalue weighted by atomic mass is 10.2. The molecule has 0 amide bonds. The van der Waals surface area contributed by atoms with Gasteiger partial charge in [0.05, 0.1) is 6.54 Å². The minimum atomic E-state index is 0. The average Bonchev–Trinajstić information content (AvgIpc) is 2.88. The van der Waals surface area contributed by atoms with Crippen molar-refractivity contribution in [2.75, 3.05) is 17.2 Å². The van der Waals surface area contributed by atoms with Gasteiger partial charge in [-0.2, -0.15) is 0 Å². The van der Waals surface area contributed by atoms with E-state index < -0.39 is 0 Å². The molecule has 0 fully saturated rings. The van der Waals surface area contributed by atoms with Gasteiger partial charge >= 0.3 is 0 Å². The number of hydrogen-bond acceptors (Lipinski definition) is 4. The lowest BCUT2D eigenvalue weighted by Gasteiger charge is -2.18. The first-order valence-electron chi connectivity index (χ1n) is 5.46. The van der Waals surface area contributed by atoms with Crippen molar-refractivity contribution in [1.29, 1.82) is 0 Å². The fourth-order valence-electron chi connectivity index (χ4n) is 2.21. The summed E-state index contributed by atoms with van der Waals surface area (Å²) in [4.78, 5) is 7.59. The standard InChI is InChI=1S/C12H12ClN3S.ClH/c13-10-2-1-3-11-9(10)4-5-16(11)7-8-6-15-12(14)17-8;/h1-3,6H,4-5,7H2,(H2,14,15);1H. The van der Waals surface area contributed by atoms with Crippen molar-refractivity contribution in [3.63, 3.8) is 0 Å². The number of nitrogen functional groups attached to an aromatic ring is 1. The molecule has 96 valence electrons. The van der Waals surface area contributed by atoms with Crippen LogP contribution in [0.1, 0.15) is 10.4 Å². The monoisotopic (exact) mass is 301 g/mol. The largest absolute Gasteiger partial charge is 0.375 e. The molecule has 2 heterocycles. The first kappa shape index (κ1) is 13.5. The van der Waals surface area contributed by atoms with Crippen LogP contribution in [0.15, 0.2) is 24.4 Å². The van der Waals surface area contributed by atoms with Gasteiger partial charge in [0.25, 0.3) is 0 Å². The van der Waals surface area contributed by atoms with Gasteiger partial charge < -0.3 is 10.6 Å². The van der Waals surface area contributed by atoms with E-state index in [2.05, 4.69) is 16.0 Å². The van der Waals surface area contributed by atoms with Crippen LogP contribution in [0.3, 0.4) is 0 Å². The van der Waals surface area contributed by atoms with Gasteiger partial charge in [0, 0.05) is 28.3 Å². The third-order valence-corrected chi connectivity index (χ3v) is 4.15. The molecular formula is C12H13Cl2N3S. The molecule has 0 saturated heterocycles. The predicted molar refractivity (Wildman–Crippen MR) is 80.0 cm³/mol. The Bertz CT molecular complexity index is 556. The molecule has 0 aliphatic carbocycles. The van der Waals surface area contributed by atoms with E-state index >= 15 is 0 Å². The zero-order valence-electron chi connectivity index (χ0n) is 9.60. The molecule has 0 radical (unpaired) electrons. The second kappa shape index (κ2) is 5.34. The smallest absolute Gasteiger partial charge is 0.180 e. The molecule has 2 N–H and O–H groups in total. The summed E-state index contributed by atoms with van der Waals surface area (Å²) < 4.78 is 0. The highest BCUT2D eigenvalue weighted by Crippen LogP contribution is 2.34. The van der Waals surface area contributed by atoms with Crippen LogP contribution in [-0.2, 0) is 13.0 Å². The number of aromatic nitrogens is 1. The van der Waals surface area contributed by atoms with Crippen molar-refractivity contribution in [2.45, 2.75) is 13.0 Å². The molecule has 0 unspecified atom stereocenters. The Hall–Kier alpha value is -0.970. The van der Waals surface area contributed by atoms with Crippen molar-refractivity contribution in [3.05, 3.63) is 39.9 Å². The van der Waals surface area contributed by atoms with Crippen LogP contribution < -0.4 is 10.6 Å². The van der Waals surface area contributed by atoms with E-state index in [4.69, 9.17) is 17.3 Å². The van der Waals surface area contributed by atoms with Crippen LogP contribution >= 0.6 is 35.3 Å². The number of nitrogens with zero attached hydrogens (tertiary/aromatic N) is 2. The number of benzene rings is 1. The van der Waals surface area contributed by atoms with Crippen LogP contribution in [0.25, 0.3) is 0 Å². The predicted octanol–water partition coefficient (Wildman–Crippen LogP) is 3.36. The number of anilines is 2. The molecular weight excluding hydrogens is 289 g/mol. The van der Waals surface area contributed by atoms with Crippen LogP contribution in [0.4, 0.5) is 10.8 Å². The maximum Gasteiger partial charge on any atom is 0.180 e. The van der Waals surface area contributed by atoms with Crippen molar-refractivity contribution in [3.8, 4) is 0 Å². The molecule has 2 aromatic rings. The number of hydrogen-bond donors (Lipinski definition) is 1. The molecule has 3 nitrogen and oxygen atoms in total. The fraction of sp³-hybridized carbons (Fsp3) is 0.250. The number of rotatable bonds is 2. The molecule has 18 heavy (non-hydrogen) atoms. The van der Waals surface area contributed by atoms with Gasteiger partial charge in [-0.15, -0.1) is 23.7 Å². The van der Waals surface area contributed by atoms with Crippen LogP contribution in [0.2, 0.25) is 5.02 Å². The number of halogens is 2. The van der Waals surface area contributed by atoms with Crippen molar-refractivity contribution in [1.82, 2.24) is 4.98 Å². The Morgan fingerprint density at radius 1 is 1.44 bits per heavy atom. The molecule has 1 aromatic heterocycles. The summed E-state index contributed by atoms with van der Waals surface area (Å²) in [7, 11) is 0. The van der Waals surface area contributed by atoms with E-state index in [1.165, 1.54) is 16.1 Å². The number of thiazole rings is 1. The quantitative estimate of drug-likeness (QED) is 0.925. The average molecular weight is 302 g/mol. The third kappa shape index (κ3) is 2.41. The van der Waals surface area contributed by atoms with E-state index in [1.807, 2.05) is 18.3 Å². The van der Waals surface area contributed by atoms with E-state index in [-0.39, 0.29) is 12.4 Å². The van der Waals surface area contributed by atoms with E-state index in [9.17, 15) is 0 Å². The van der Waals surface area contributed by atoms with Crippen LogP contribution in [0.5, 0.6) is 0 Å². The summed E-state index contributed by atoms with van der Waals surface area (Å²) in [5.74, 6) is 0. The maximum absolute atomic E-state index is 6.19. The fourth-order valence-corrected chi connectivity index (χ4v) is 3.17. The third-order valence-electron chi connectivity index (χ3n) is 2.98. The Morgan fingerprint density at radius 2 is 2.28 bits per heavy atom. The van der Waals surface area contributed by atoms with E-state index in [0.717, 1.165) is 24.5 Å². The van der Waals surface area contributed by atoms with Crippen molar-refractivity contribution >= 4 is 46.2 Å². The minimum absolute atomic E-state index is 0. The highest BCUT2D eigenvalue weighted by molar-refractivity contribution is 7.15. The first-order chi connectivity index (χ1) is 8.24. The SMILES string of the molecule is Cl.Nc1ncc(CN2CCc3c(Cl)cccc32)s1. The molecule has 6 heteroatoms. The zero-order valence-corrected chi connectivity index (χ0v) is 12.0. The Kier molecular flexibility index (Phi) is 4.00. The van der Waals surface area contributed by atoms with Gasteiger partial charge in [0.1, 0.15) is 0 Å². The van der Waals surface area contributed by atoms with Crippen molar-refractivity contribution < 1.29 is 0 Å². The van der Waals surface area contributed by atoms with Crippen LogP contribution in [0, 0.1) is 0 Å². The number of nitrogens with two attached hydrogens (primary N) is 1. The highest BCUT2D eigenvalue weighted by Gasteiger charge is 2.21. The molecule has 0 atom stereocenters. The molecule has 1 aromatic carbocycles. The molecule has 0 spiro atoms. The van der Waals surface area contributed by atoms with Gasteiger partial charge in [-0.1, -0.05) is 17.7 Å². The lowest BCUT2D eigenvalue weighted by molar-refractivity contribution is 0.844.